The molecule has 0 radical (unpaired) electrons. The topological polar surface area (TPSA) is 75.4 Å². The molecule has 6 heteroatoms. The van der Waals surface area contributed by atoms with Gasteiger partial charge in [-0.25, -0.2) is 4.98 Å². The molecular formula is C20H25N3O3. The van der Waals surface area contributed by atoms with Crippen molar-refractivity contribution in [1.29, 1.82) is 0 Å². The highest BCUT2D eigenvalue weighted by molar-refractivity contribution is 5.85. The molecule has 0 aliphatic carbocycles. The Morgan fingerprint density at radius 3 is 2.50 bits per heavy atom. The Hall–Kier alpha value is -2.63. The molecule has 1 aliphatic rings. The third-order valence-corrected chi connectivity index (χ3v) is 4.66. The average molecular weight is 355 g/mol. The van der Waals surface area contributed by atoms with Gasteiger partial charge in [0.15, 0.2) is 0 Å². The molecule has 6 nitrogen and oxygen atoms in total. The minimum absolute atomic E-state index is 0.0183. The maximum absolute atomic E-state index is 12.2. The SMILES string of the molecule is Cc1ccc(-c2nc(CC(=O)NCC(=O)N3CCCCC3)c(C)o2)cc1. The summed E-state index contributed by atoms with van der Waals surface area (Å²) in [7, 11) is 0. The highest BCUT2D eigenvalue weighted by atomic mass is 16.4. The molecule has 138 valence electrons. The molecule has 0 unspecified atom stereocenters. The molecule has 0 atom stereocenters. The largest absolute Gasteiger partial charge is 0.441 e. The van der Waals surface area contributed by atoms with Crippen LogP contribution >= 0.6 is 0 Å². The van der Waals surface area contributed by atoms with Gasteiger partial charge in [0.2, 0.25) is 17.7 Å². The number of aryl methyl sites for hydroxylation is 2. The number of carbonyl (C=O) groups is 2. The molecule has 1 aromatic heterocycles. The molecule has 0 saturated carbocycles. The lowest BCUT2D eigenvalue weighted by atomic mass is 10.1. The molecule has 2 heterocycles. The number of aromatic nitrogens is 1. The number of piperidine rings is 1. The third-order valence-electron chi connectivity index (χ3n) is 4.66. The summed E-state index contributed by atoms with van der Waals surface area (Å²) in [5.74, 6) is 0.894. The Morgan fingerprint density at radius 2 is 1.81 bits per heavy atom. The van der Waals surface area contributed by atoms with Gasteiger partial charge in [0.05, 0.1) is 18.7 Å². The van der Waals surface area contributed by atoms with Gasteiger partial charge in [-0.3, -0.25) is 9.59 Å². The van der Waals surface area contributed by atoms with Crippen molar-refractivity contribution in [2.45, 2.75) is 39.5 Å². The first-order valence-electron chi connectivity index (χ1n) is 9.11. The summed E-state index contributed by atoms with van der Waals surface area (Å²) in [6, 6.07) is 7.88. The summed E-state index contributed by atoms with van der Waals surface area (Å²) in [5, 5.41) is 2.70. The van der Waals surface area contributed by atoms with Crippen molar-refractivity contribution in [2.24, 2.45) is 0 Å². The average Bonchev–Trinajstić information content (AvgIpc) is 3.01. The zero-order chi connectivity index (χ0) is 18.5. The number of amides is 2. The Bertz CT molecular complexity index is 774. The second-order valence-electron chi connectivity index (χ2n) is 6.78. The van der Waals surface area contributed by atoms with E-state index in [2.05, 4.69) is 10.3 Å². The van der Waals surface area contributed by atoms with E-state index in [-0.39, 0.29) is 24.8 Å². The fourth-order valence-corrected chi connectivity index (χ4v) is 3.06. The number of nitrogens with zero attached hydrogens (tertiary/aromatic N) is 2. The number of oxazole rings is 1. The van der Waals surface area contributed by atoms with Gasteiger partial charge >= 0.3 is 0 Å². The third kappa shape index (κ3) is 4.50. The summed E-state index contributed by atoms with van der Waals surface area (Å²) in [4.78, 5) is 30.6. The first kappa shape index (κ1) is 18.2. The fourth-order valence-electron chi connectivity index (χ4n) is 3.06. The van der Waals surface area contributed by atoms with Crippen LogP contribution in [0.5, 0.6) is 0 Å². The van der Waals surface area contributed by atoms with Crippen molar-refractivity contribution in [2.75, 3.05) is 19.6 Å². The first-order valence-corrected chi connectivity index (χ1v) is 9.11. The van der Waals surface area contributed by atoms with Crippen LogP contribution in [0.15, 0.2) is 28.7 Å². The van der Waals surface area contributed by atoms with Crippen LogP contribution in [0.4, 0.5) is 0 Å². The van der Waals surface area contributed by atoms with E-state index in [4.69, 9.17) is 4.42 Å². The summed E-state index contributed by atoms with van der Waals surface area (Å²) in [6.07, 6.45) is 3.36. The number of benzene rings is 1. The van der Waals surface area contributed by atoms with Crippen LogP contribution in [0, 0.1) is 13.8 Å². The van der Waals surface area contributed by atoms with Crippen LogP contribution < -0.4 is 5.32 Å². The summed E-state index contributed by atoms with van der Waals surface area (Å²) >= 11 is 0. The standard InChI is InChI=1S/C20H25N3O3/c1-14-6-8-16(9-7-14)20-22-17(15(2)26-20)12-18(24)21-13-19(25)23-10-4-3-5-11-23/h6-9H,3-5,10-13H2,1-2H3,(H,21,24). The van der Waals surface area contributed by atoms with Crippen molar-refractivity contribution in [1.82, 2.24) is 15.2 Å². The molecule has 3 rings (SSSR count). The first-order chi connectivity index (χ1) is 12.5. The molecular weight excluding hydrogens is 330 g/mol. The van der Waals surface area contributed by atoms with Crippen molar-refractivity contribution in [3.05, 3.63) is 41.3 Å². The lowest BCUT2D eigenvalue weighted by molar-refractivity contribution is -0.133. The highest BCUT2D eigenvalue weighted by Crippen LogP contribution is 2.22. The Labute approximate surface area is 153 Å². The second-order valence-corrected chi connectivity index (χ2v) is 6.78. The van der Waals surface area contributed by atoms with Crippen LogP contribution in [0.25, 0.3) is 11.5 Å². The molecule has 0 bridgehead atoms. The molecule has 1 N–H and O–H groups in total. The molecule has 1 saturated heterocycles. The van der Waals surface area contributed by atoms with E-state index in [1.807, 2.05) is 36.1 Å². The predicted octanol–water partition coefficient (Wildman–Crippen LogP) is 2.63. The van der Waals surface area contributed by atoms with Crippen molar-refractivity contribution in [3.63, 3.8) is 0 Å². The summed E-state index contributed by atoms with van der Waals surface area (Å²) in [6.45, 7) is 5.44. The van der Waals surface area contributed by atoms with E-state index in [0.717, 1.165) is 37.1 Å². The molecule has 2 amide bonds. The maximum atomic E-state index is 12.2. The van der Waals surface area contributed by atoms with Gasteiger partial charge in [-0.05, 0) is 45.2 Å². The molecule has 2 aromatic rings. The van der Waals surface area contributed by atoms with Crippen molar-refractivity contribution >= 4 is 11.8 Å². The lowest BCUT2D eigenvalue weighted by Gasteiger charge is -2.26. The van der Waals surface area contributed by atoms with Crippen LogP contribution in [0.3, 0.4) is 0 Å². The molecule has 1 aromatic carbocycles. The minimum atomic E-state index is -0.220. The van der Waals surface area contributed by atoms with Gasteiger partial charge in [0.1, 0.15) is 5.76 Å². The monoisotopic (exact) mass is 355 g/mol. The van der Waals surface area contributed by atoms with Crippen LogP contribution in [-0.2, 0) is 16.0 Å². The lowest BCUT2D eigenvalue weighted by Crippen LogP contribution is -2.42. The summed E-state index contributed by atoms with van der Waals surface area (Å²) in [5.41, 5.74) is 2.64. The second kappa shape index (κ2) is 8.17. The van der Waals surface area contributed by atoms with E-state index < -0.39 is 0 Å². The van der Waals surface area contributed by atoms with Crippen molar-refractivity contribution in [3.8, 4) is 11.5 Å². The van der Waals surface area contributed by atoms with E-state index in [1.165, 1.54) is 6.42 Å². The Morgan fingerprint density at radius 1 is 1.12 bits per heavy atom. The molecule has 1 fully saturated rings. The predicted molar refractivity (Wildman–Crippen MR) is 98.6 cm³/mol. The van der Waals surface area contributed by atoms with E-state index in [1.54, 1.807) is 6.92 Å². The number of hydrogen-bond acceptors (Lipinski definition) is 4. The number of likely N-dealkylation sites (tertiary alicyclic amines) is 1. The van der Waals surface area contributed by atoms with Gasteiger partial charge in [0.25, 0.3) is 0 Å². The van der Waals surface area contributed by atoms with Crippen LogP contribution in [-0.4, -0.2) is 41.3 Å². The van der Waals surface area contributed by atoms with E-state index in [9.17, 15) is 9.59 Å². The van der Waals surface area contributed by atoms with Gasteiger partial charge in [0, 0.05) is 18.7 Å². The van der Waals surface area contributed by atoms with Crippen LogP contribution in [0.2, 0.25) is 0 Å². The zero-order valence-corrected chi connectivity index (χ0v) is 15.4. The van der Waals surface area contributed by atoms with E-state index in [0.29, 0.717) is 17.3 Å². The Balaban J connectivity index is 1.55. The molecule has 0 spiro atoms. The maximum Gasteiger partial charge on any atom is 0.241 e. The van der Waals surface area contributed by atoms with Gasteiger partial charge in [-0.2, -0.15) is 0 Å². The number of nitrogens with one attached hydrogen (secondary N) is 1. The molecule has 1 aliphatic heterocycles. The smallest absolute Gasteiger partial charge is 0.241 e. The zero-order valence-electron chi connectivity index (χ0n) is 15.4. The minimum Gasteiger partial charge on any atom is -0.441 e. The number of hydrogen-bond donors (Lipinski definition) is 1. The quantitative estimate of drug-likeness (QED) is 0.895. The van der Waals surface area contributed by atoms with Gasteiger partial charge in [-0.1, -0.05) is 17.7 Å². The fraction of sp³-hybridized carbons (Fsp3) is 0.450. The van der Waals surface area contributed by atoms with Gasteiger partial charge in [-0.15, -0.1) is 0 Å². The highest BCUT2D eigenvalue weighted by Gasteiger charge is 2.18. The van der Waals surface area contributed by atoms with E-state index >= 15 is 0 Å². The van der Waals surface area contributed by atoms with Gasteiger partial charge < -0.3 is 14.6 Å². The summed E-state index contributed by atoms with van der Waals surface area (Å²) < 4.78 is 5.70. The molecule has 26 heavy (non-hydrogen) atoms. The Kier molecular flexibility index (Phi) is 5.71. The van der Waals surface area contributed by atoms with Crippen LogP contribution in [0.1, 0.15) is 36.3 Å². The van der Waals surface area contributed by atoms with Crippen molar-refractivity contribution < 1.29 is 14.0 Å². The normalized spacial score (nSPS) is 14.3. The number of rotatable bonds is 5. The number of carbonyl (C=O) groups excluding carboxylic acids is 2.